The van der Waals surface area contributed by atoms with Gasteiger partial charge >= 0.3 is 0 Å². The largest absolute Gasteiger partial charge is 0.420 e. The lowest BCUT2D eigenvalue weighted by atomic mass is 10.1. The van der Waals surface area contributed by atoms with Crippen molar-refractivity contribution in [1.29, 1.82) is 0 Å². The molecule has 2 aromatic heterocycles. The van der Waals surface area contributed by atoms with E-state index >= 15 is 0 Å². The summed E-state index contributed by atoms with van der Waals surface area (Å²) in [6.07, 6.45) is 1.93. The van der Waals surface area contributed by atoms with E-state index in [1.807, 2.05) is 41.9 Å². The van der Waals surface area contributed by atoms with E-state index < -0.39 is 0 Å². The lowest BCUT2D eigenvalue weighted by Gasteiger charge is -2.13. The first kappa shape index (κ1) is 16.4. The van der Waals surface area contributed by atoms with Crippen molar-refractivity contribution in [2.24, 2.45) is 0 Å². The van der Waals surface area contributed by atoms with E-state index in [0.29, 0.717) is 11.8 Å². The van der Waals surface area contributed by atoms with Crippen LogP contribution in [-0.2, 0) is 17.6 Å². The van der Waals surface area contributed by atoms with Gasteiger partial charge < -0.3 is 9.73 Å². The summed E-state index contributed by atoms with van der Waals surface area (Å²) in [5.41, 5.74) is 2.16. The van der Waals surface area contributed by atoms with Gasteiger partial charge in [-0.15, -0.1) is 10.2 Å². The van der Waals surface area contributed by atoms with Crippen LogP contribution < -0.4 is 5.32 Å². The molecular formula is C18H19N3O2S. The summed E-state index contributed by atoms with van der Waals surface area (Å²) in [5.74, 6) is 0.691. The molecule has 3 aromatic rings. The number of rotatable bonds is 7. The summed E-state index contributed by atoms with van der Waals surface area (Å²) in [5, 5.41) is 14.8. The average molecular weight is 341 g/mol. The standard InChI is InChI=1S/C18H19N3O2S/c1-13(7-8-14-5-3-2-4-6-14)19-16(22)11-17-20-21-18(23-17)15-9-10-24-12-15/h2-6,9-10,12-13H,7-8,11H2,1H3,(H,19,22)/t13-/m1/s1. The molecule has 0 spiro atoms. The van der Waals surface area contributed by atoms with Crippen molar-refractivity contribution in [3.63, 3.8) is 0 Å². The van der Waals surface area contributed by atoms with Crippen LogP contribution in [0, 0.1) is 0 Å². The number of hydrogen-bond acceptors (Lipinski definition) is 5. The van der Waals surface area contributed by atoms with Crippen LogP contribution >= 0.6 is 11.3 Å². The number of aryl methyl sites for hydroxylation is 1. The lowest BCUT2D eigenvalue weighted by molar-refractivity contribution is -0.121. The van der Waals surface area contributed by atoms with E-state index in [2.05, 4.69) is 27.6 Å². The molecule has 1 atom stereocenters. The number of carbonyl (C=O) groups excluding carboxylic acids is 1. The summed E-state index contributed by atoms with van der Waals surface area (Å²) in [7, 11) is 0. The highest BCUT2D eigenvalue weighted by atomic mass is 32.1. The molecular weight excluding hydrogens is 322 g/mol. The second-order valence-electron chi connectivity index (χ2n) is 5.68. The average Bonchev–Trinajstić information content (AvgIpc) is 3.25. The zero-order chi connectivity index (χ0) is 16.8. The molecule has 24 heavy (non-hydrogen) atoms. The van der Waals surface area contributed by atoms with Gasteiger partial charge in [0, 0.05) is 17.0 Å². The molecule has 124 valence electrons. The Balaban J connectivity index is 1.47. The van der Waals surface area contributed by atoms with Crippen molar-refractivity contribution < 1.29 is 9.21 Å². The molecule has 0 saturated heterocycles. The van der Waals surface area contributed by atoms with Crippen LogP contribution in [0.1, 0.15) is 24.8 Å². The first-order chi connectivity index (χ1) is 11.7. The summed E-state index contributed by atoms with van der Waals surface area (Å²) in [6.45, 7) is 2.01. The monoisotopic (exact) mass is 341 g/mol. The van der Waals surface area contributed by atoms with Gasteiger partial charge in [-0.3, -0.25) is 4.79 Å². The van der Waals surface area contributed by atoms with Gasteiger partial charge in [0.05, 0.1) is 0 Å². The fourth-order valence-corrected chi connectivity index (χ4v) is 3.02. The zero-order valence-electron chi connectivity index (χ0n) is 13.4. The maximum absolute atomic E-state index is 12.1. The quantitative estimate of drug-likeness (QED) is 0.714. The van der Waals surface area contributed by atoms with Crippen LogP contribution in [-0.4, -0.2) is 22.1 Å². The molecule has 6 heteroatoms. The van der Waals surface area contributed by atoms with Crippen molar-refractivity contribution in [2.45, 2.75) is 32.2 Å². The predicted octanol–water partition coefficient (Wildman–Crippen LogP) is 3.48. The van der Waals surface area contributed by atoms with Gasteiger partial charge in [-0.2, -0.15) is 11.3 Å². The number of amides is 1. The topological polar surface area (TPSA) is 68.0 Å². The molecule has 0 radical (unpaired) electrons. The summed E-state index contributed by atoms with van der Waals surface area (Å²) < 4.78 is 5.53. The van der Waals surface area contributed by atoms with Gasteiger partial charge in [0.1, 0.15) is 6.42 Å². The van der Waals surface area contributed by atoms with Gasteiger partial charge in [0.15, 0.2) is 0 Å². The SMILES string of the molecule is C[C@H](CCc1ccccc1)NC(=O)Cc1nnc(-c2ccsc2)o1. The van der Waals surface area contributed by atoms with Crippen LogP contribution in [0.4, 0.5) is 0 Å². The van der Waals surface area contributed by atoms with Gasteiger partial charge in [0.25, 0.3) is 0 Å². The van der Waals surface area contributed by atoms with Crippen LogP contribution in [0.5, 0.6) is 0 Å². The summed E-state index contributed by atoms with van der Waals surface area (Å²) in [6, 6.07) is 12.3. The Morgan fingerprint density at radius 3 is 2.83 bits per heavy atom. The van der Waals surface area contributed by atoms with Crippen molar-refractivity contribution in [3.8, 4) is 11.5 Å². The smallest absolute Gasteiger partial charge is 0.248 e. The maximum Gasteiger partial charge on any atom is 0.248 e. The predicted molar refractivity (Wildman–Crippen MR) is 93.7 cm³/mol. The number of nitrogens with zero attached hydrogens (tertiary/aromatic N) is 2. The Kier molecular flexibility index (Phi) is 5.38. The highest BCUT2D eigenvalue weighted by Crippen LogP contribution is 2.20. The Morgan fingerprint density at radius 2 is 2.08 bits per heavy atom. The number of carbonyl (C=O) groups is 1. The molecule has 0 bridgehead atoms. The minimum Gasteiger partial charge on any atom is -0.420 e. The first-order valence-electron chi connectivity index (χ1n) is 7.89. The molecule has 0 unspecified atom stereocenters. The third kappa shape index (κ3) is 4.52. The molecule has 0 aliphatic heterocycles. The highest BCUT2D eigenvalue weighted by molar-refractivity contribution is 7.08. The molecule has 5 nitrogen and oxygen atoms in total. The van der Waals surface area contributed by atoms with Crippen molar-refractivity contribution in [3.05, 3.63) is 58.6 Å². The fraction of sp³-hybridized carbons (Fsp3) is 0.278. The number of thiophene rings is 1. The molecule has 3 rings (SSSR count). The van der Waals surface area contributed by atoms with Crippen molar-refractivity contribution in [1.82, 2.24) is 15.5 Å². The Bertz CT molecular complexity index is 769. The van der Waals surface area contributed by atoms with Crippen LogP contribution in [0.25, 0.3) is 11.5 Å². The van der Waals surface area contributed by atoms with Gasteiger partial charge in [-0.05, 0) is 36.8 Å². The van der Waals surface area contributed by atoms with E-state index in [-0.39, 0.29) is 18.4 Å². The third-order valence-corrected chi connectivity index (χ3v) is 4.35. The van der Waals surface area contributed by atoms with Gasteiger partial charge in [-0.1, -0.05) is 30.3 Å². The molecule has 1 amide bonds. The molecule has 0 saturated carbocycles. The summed E-state index contributed by atoms with van der Waals surface area (Å²) in [4.78, 5) is 12.1. The third-order valence-electron chi connectivity index (χ3n) is 3.66. The molecule has 2 heterocycles. The number of aromatic nitrogens is 2. The van der Waals surface area contributed by atoms with Crippen molar-refractivity contribution in [2.75, 3.05) is 0 Å². The molecule has 1 aromatic carbocycles. The lowest BCUT2D eigenvalue weighted by Crippen LogP contribution is -2.34. The molecule has 1 N–H and O–H groups in total. The van der Waals surface area contributed by atoms with E-state index in [0.717, 1.165) is 18.4 Å². The molecule has 0 aliphatic rings. The summed E-state index contributed by atoms with van der Waals surface area (Å²) >= 11 is 1.56. The number of nitrogens with one attached hydrogen (secondary N) is 1. The number of hydrogen-bond donors (Lipinski definition) is 1. The normalized spacial score (nSPS) is 12.0. The molecule has 0 aliphatic carbocycles. The maximum atomic E-state index is 12.1. The van der Waals surface area contributed by atoms with Gasteiger partial charge in [0.2, 0.25) is 17.7 Å². The second kappa shape index (κ2) is 7.88. The molecule has 0 fully saturated rings. The van der Waals surface area contributed by atoms with Crippen LogP contribution in [0.3, 0.4) is 0 Å². The minimum atomic E-state index is -0.101. The Hall–Kier alpha value is -2.47. The van der Waals surface area contributed by atoms with Crippen LogP contribution in [0.2, 0.25) is 0 Å². The highest BCUT2D eigenvalue weighted by Gasteiger charge is 2.14. The van der Waals surface area contributed by atoms with E-state index in [9.17, 15) is 4.79 Å². The number of benzene rings is 1. The zero-order valence-corrected chi connectivity index (χ0v) is 14.3. The second-order valence-corrected chi connectivity index (χ2v) is 6.46. The van der Waals surface area contributed by atoms with E-state index in [1.165, 1.54) is 5.56 Å². The van der Waals surface area contributed by atoms with E-state index in [4.69, 9.17) is 4.42 Å². The Morgan fingerprint density at radius 1 is 1.25 bits per heavy atom. The van der Waals surface area contributed by atoms with Gasteiger partial charge in [-0.25, -0.2) is 0 Å². The Labute approximate surface area is 144 Å². The first-order valence-corrected chi connectivity index (χ1v) is 8.83. The van der Waals surface area contributed by atoms with Crippen LogP contribution in [0.15, 0.2) is 51.6 Å². The fourth-order valence-electron chi connectivity index (χ4n) is 2.39. The minimum absolute atomic E-state index is 0.0944. The van der Waals surface area contributed by atoms with Crippen molar-refractivity contribution >= 4 is 17.2 Å². The van der Waals surface area contributed by atoms with E-state index in [1.54, 1.807) is 11.3 Å².